The molecule has 2 aromatic heterocycles. The molecule has 2 aromatic rings. The molecule has 1 N–H and O–H groups in total. The Morgan fingerprint density at radius 3 is 2.78 bits per heavy atom. The lowest BCUT2D eigenvalue weighted by Gasteiger charge is -2.23. The summed E-state index contributed by atoms with van der Waals surface area (Å²) in [6, 6.07) is 6.41. The highest BCUT2D eigenvalue weighted by Gasteiger charge is 2.10. The largest absolute Gasteiger partial charge is 0.357 e. The van der Waals surface area contributed by atoms with Crippen molar-refractivity contribution in [2.24, 2.45) is 12.0 Å². The maximum Gasteiger partial charge on any atom is 0.194 e. The Hall–Kier alpha value is -1.02. The molecule has 0 spiro atoms. The van der Waals surface area contributed by atoms with Gasteiger partial charge in [-0.2, -0.15) is 11.3 Å². The van der Waals surface area contributed by atoms with E-state index in [4.69, 9.17) is 4.99 Å². The number of aliphatic imine (C=N–C) groups is 1. The van der Waals surface area contributed by atoms with Crippen LogP contribution in [0, 0.1) is 0 Å². The van der Waals surface area contributed by atoms with Crippen molar-refractivity contribution in [2.45, 2.75) is 26.3 Å². The van der Waals surface area contributed by atoms with Gasteiger partial charge in [0, 0.05) is 45.0 Å². The van der Waals surface area contributed by atoms with Crippen LogP contribution in [0.15, 0.2) is 40.1 Å². The first-order valence-corrected chi connectivity index (χ1v) is 8.67. The highest BCUT2D eigenvalue weighted by atomic mass is 127. The third-order valence-corrected chi connectivity index (χ3v) is 4.48. The zero-order valence-electron chi connectivity index (χ0n) is 14.3. The van der Waals surface area contributed by atoms with Crippen LogP contribution in [-0.4, -0.2) is 35.6 Å². The number of aromatic nitrogens is 1. The molecule has 6 heteroatoms. The number of hydrogen-bond donors (Lipinski definition) is 1. The van der Waals surface area contributed by atoms with E-state index in [2.05, 4.69) is 77.9 Å². The van der Waals surface area contributed by atoms with E-state index < -0.39 is 0 Å². The molecule has 1 atom stereocenters. The van der Waals surface area contributed by atoms with E-state index in [0.717, 1.165) is 25.6 Å². The molecule has 0 amide bonds. The summed E-state index contributed by atoms with van der Waals surface area (Å²) >= 11 is 1.75. The van der Waals surface area contributed by atoms with Gasteiger partial charge in [-0.05, 0) is 41.4 Å². The Bertz CT molecular complexity index is 592. The molecule has 2 heterocycles. The minimum atomic E-state index is 0. The van der Waals surface area contributed by atoms with E-state index in [1.165, 1.54) is 11.3 Å². The van der Waals surface area contributed by atoms with E-state index in [1.807, 2.05) is 0 Å². The van der Waals surface area contributed by atoms with Gasteiger partial charge in [-0.25, -0.2) is 0 Å². The second-order valence-corrected chi connectivity index (χ2v) is 6.40. The third-order valence-electron chi connectivity index (χ3n) is 3.77. The predicted molar refractivity (Wildman–Crippen MR) is 111 cm³/mol. The molecule has 23 heavy (non-hydrogen) atoms. The lowest BCUT2D eigenvalue weighted by molar-refractivity contribution is 0.461. The van der Waals surface area contributed by atoms with E-state index >= 15 is 0 Å². The van der Waals surface area contributed by atoms with Gasteiger partial charge in [0.15, 0.2) is 5.96 Å². The van der Waals surface area contributed by atoms with Crippen LogP contribution in [0.3, 0.4) is 0 Å². The number of halogens is 1. The van der Waals surface area contributed by atoms with Gasteiger partial charge in [-0.3, -0.25) is 4.99 Å². The van der Waals surface area contributed by atoms with Gasteiger partial charge in [0.25, 0.3) is 0 Å². The van der Waals surface area contributed by atoms with Crippen LogP contribution in [0.4, 0.5) is 0 Å². The van der Waals surface area contributed by atoms with Crippen molar-refractivity contribution in [3.05, 3.63) is 46.4 Å². The minimum Gasteiger partial charge on any atom is -0.357 e. The van der Waals surface area contributed by atoms with Crippen molar-refractivity contribution in [2.75, 3.05) is 20.1 Å². The number of thiophene rings is 1. The summed E-state index contributed by atoms with van der Waals surface area (Å²) in [4.78, 5) is 6.99. The first kappa shape index (κ1) is 20.0. The van der Waals surface area contributed by atoms with Crippen molar-refractivity contribution in [3.8, 4) is 0 Å². The quantitative estimate of drug-likeness (QED) is 0.415. The molecule has 1 unspecified atom stereocenters. The Labute approximate surface area is 160 Å². The second-order valence-electron chi connectivity index (χ2n) is 5.62. The molecule has 0 aromatic carbocycles. The van der Waals surface area contributed by atoms with Crippen LogP contribution in [0.25, 0.3) is 0 Å². The van der Waals surface area contributed by atoms with Crippen LogP contribution >= 0.6 is 35.3 Å². The Balaban J connectivity index is 0.00000264. The summed E-state index contributed by atoms with van der Waals surface area (Å²) in [6.07, 6.45) is 2.08. The van der Waals surface area contributed by atoms with E-state index in [1.54, 1.807) is 11.3 Å². The molecular weight excluding hydrogens is 419 g/mol. The van der Waals surface area contributed by atoms with E-state index in [0.29, 0.717) is 5.92 Å². The summed E-state index contributed by atoms with van der Waals surface area (Å²) in [5.41, 5.74) is 2.65. The molecule has 0 saturated heterocycles. The van der Waals surface area contributed by atoms with Crippen molar-refractivity contribution in [1.29, 1.82) is 0 Å². The molecular formula is C17H27IN4S. The number of rotatable bonds is 6. The van der Waals surface area contributed by atoms with Crippen LogP contribution in [-0.2, 0) is 13.6 Å². The Kier molecular flexibility index (Phi) is 8.68. The van der Waals surface area contributed by atoms with Gasteiger partial charge >= 0.3 is 0 Å². The minimum absolute atomic E-state index is 0. The molecule has 0 bridgehead atoms. The fourth-order valence-corrected chi connectivity index (χ4v) is 3.11. The van der Waals surface area contributed by atoms with Crippen LogP contribution in [0.1, 0.15) is 31.0 Å². The lowest BCUT2D eigenvalue weighted by Crippen LogP contribution is -2.39. The topological polar surface area (TPSA) is 32.6 Å². The predicted octanol–water partition coefficient (Wildman–Crippen LogP) is 3.91. The maximum absolute atomic E-state index is 4.81. The summed E-state index contributed by atoms with van der Waals surface area (Å²) in [7, 11) is 4.16. The lowest BCUT2D eigenvalue weighted by atomic mass is 10.1. The monoisotopic (exact) mass is 446 g/mol. The van der Waals surface area contributed by atoms with Gasteiger partial charge in [0.2, 0.25) is 0 Å². The van der Waals surface area contributed by atoms with Crippen LogP contribution < -0.4 is 5.32 Å². The van der Waals surface area contributed by atoms with Crippen LogP contribution in [0.5, 0.6) is 0 Å². The first-order chi connectivity index (χ1) is 10.6. The first-order valence-electron chi connectivity index (χ1n) is 7.73. The summed E-state index contributed by atoms with van der Waals surface area (Å²) < 4.78 is 2.15. The molecule has 0 radical (unpaired) electrons. The maximum atomic E-state index is 4.81. The van der Waals surface area contributed by atoms with Gasteiger partial charge < -0.3 is 14.8 Å². The molecule has 0 aliphatic carbocycles. The van der Waals surface area contributed by atoms with Crippen molar-refractivity contribution in [1.82, 2.24) is 14.8 Å². The van der Waals surface area contributed by atoms with E-state index in [-0.39, 0.29) is 24.0 Å². The fourth-order valence-electron chi connectivity index (χ4n) is 2.33. The van der Waals surface area contributed by atoms with Gasteiger partial charge in [0.1, 0.15) is 0 Å². The number of guanidine groups is 1. The SMILES string of the molecule is CCNC(=NCC(C)c1ccsc1)N(C)Cc1cccn1C.I. The molecule has 128 valence electrons. The van der Waals surface area contributed by atoms with Gasteiger partial charge in [-0.1, -0.05) is 6.92 Å². The summed E-state index contributed by atoms with van der Waals surface area (Å²) in [5, 5.41) is 7.72. The highest BCUT2D eigenvalue weighted by molar-refractivity contribution is 14.0. The smallest absolute Gasteiger partial charge is 0.194 e. The molecule has 0 aliphatic rings. The molecule has 2 rings (SSSR count). The average molecular weight is 446 g/mol. The second kappa shape index (κ2) is 9.97. The normalized spacial score (nSPS) is 12.6. The van der Waals surface area contributed by atoms with Crippen LogP contribution in [0.2, 0.25) is 0 Å². The summed E-state index contributed by atoms with van der Waals surface area (Å²) in [6.45, 7) is 6.86. The number of hydrogen-bond acceptors (Lipinski definition) is 2. The third kappa shape index (κ3) is 5.84. The van der Waals surface area contributed by atoms with Crippen molar-refractivity contribution in [3.63, 3.8) is 0 Å². The zero-order valence-corrected chi connectivity index (χ0v) is 17.5. The molecule has 0 fully saturated rings. The fraction of sp³-hybridized carbons (Fsp3) is 0.471. The standard InChI is InChI=1S/C17H26N4S.HI/c1-5-18-17(19-11-14(2)15-8-10-22-13-15)21(4)12-16-7-6-9-20(16)3;/h6-10,13-14H,5,11-12H2,1-4H3,(H,18,19);1H. The van der Waals surface area contributed by atoms with Gasteiger partial charge in [-0.15, -0.1) is 24.0 Å². The Morgan fingerprint density at radius 2 is 2.22 bits per heavy atom. The van der Waals surface area contributed by atoms with Gasteiger partial charge in [0.05, 0.1) is 6.54 Å². The molecule has 4 nitrogen and oxygen atoms in total. The Morgan fingerprint density at radius 1 is 1.43 bits per heavy atom. The number of nitrogens with one attached hydrogen (secondary N) is 1. The summed E-state index contributed by atoms with van der Waals surface area (Å²) in [5.74, 6) is 1.41. The number of nitrogens with zero attached hydrogens (tertiary/aromatic N) is 3. The zero-order chi connectivity index (χ0) is 15.9. The van der Waals surface area contributed by atoms with Crippen molar-refractivity contribution >= 4 is 41.3 Å². The molecule has 0 saturated carbocycles. The highest BCUT2D eigenvalue weighted by Crippen LogP contribution is 2.18. The average Bonchev–Trinajstić information content (AvgIpc) is 3.15. The van der Waals surface area contributed by atoms with E-state index in [9.17, 15) is 0 Å². The molecule has 0 aliphatic heterocycles. The van der Waals surface area contributed by atoms with Crippen molar-refractivity contribution < 1.29 is 0 Å². The number of aryl methyl sites for hydroxylation is 1.